The molecule has 3 N–H and O–H groups in total. The van der Waals surface area contributed by atoms with E-state index >= 15 is 0 Å². The monoisotopic (exact) mass is 458 g/mol. The van der Waals surface area contributed by atoms with Crippen LogP contribution in [-0.4, -0.2) is 29.8 Å². The van der Waals surface area contributed by atoms with Gasteiger partial charge in [-0.1, -0.05) is 12.1 Å². The zero-order valence-corrected chi connectivity index (χ0v) is 17.1. The predicted molar refractivity (Wildman–Crippen MR) is 111 cm³/mol. The molecular formula is C22H17F3N4O4. The normalized spacial score (nSPS) is 10.8. The van der Waals surface area contributed by atoms with Gasteiger partial charge in [0.2, 0.25) is 0 Å². The van der Waals surface area contributed by atoms with Crippen molar-refractivity contribution in [3.63, 3.8) is 0 Å². The van der Waals surface area contributed by atoms with Gasteiger partial charge in [0.25, 0.3) is 17.7 Å². The van der Waals surface area contributed by atoms with Gasteiger partial charge >= 0.3 is 6.18 Å². The molecule has 0 aliphatic rings. The second-order valence-electron chi connectivity index (χ2n) is 6.57. The average molecular weight is 458 g/mol. The maximum atomic E-state index is 12.8. The highest BCUT2D eigenvalue weighted by Gasteiger charge is 2.30. The number of halogens is 3. The number of carbonyl (C=O) groups excluding carboxylic acids is 3. The molecule has 1 heterocycles. The third-order valence-electron chi connectivity index (χ3n) is 4.26. The molecule has 3 rings (SSSR count). The smallest absolute Gasteiger partial charge is 0.416 e. The van der Waals surface area contributed by atoms with Crippen LogP contribution in [-0.2, 0) is 6.18 Å². The minimum Gasteiger partial charge on any atom is -0.457 e. The van der Waals surface area contributed by atoms with Crippen LogP contribution in [0.15, 0.2) is 66.9 Å². The number of aromatic nitrogens is 1. The first-order chi connectivity index (χ1) is 15.7. The molecule has 1 aromatic heterocycles. The van der Waals surface area contributed by atoms with Crippen LogP contribution in [0.5, 0.6) is 11.5 Å². The first kappa shape index (κ1) is 23.3. The molecule has 11 heteroatoms. The van der Waals surface area contributed by atoms with Gasteiger partial charge in [-0.25, -0.2) is 0 Å². The fraction of sp³-hybridized carbons (Fsp3) is 0.0909. The Hall–Kier alpha value is -4.41. The van der Waals surface area contributed by atoms with Crippen LogP contribution in [0.3, 0.4) is 0 Å². The summed E-state index contributed by atoms with van der Waals surface area (Å²) in [5.74, 6) is -1.47. The summed E-state index contributed by atoms with van der Waals surface area (Å²) in [6.45, 7) is 0. The number of nitrogens with one attached hydrogen (secondary N) is 3. The maximum absolute atomic E-state index is 12.8. The highest BCUT2D eigenvalue weighted by molar-refractivity contribution is 5.99. The summed E-state index contributed by atoms with van der Waals surface area (Å²) in [4.78, 5) is 40.1. The summed E-state index contributed by atoms with van der Waals surface area (Å²) < 4.78 is 44.1. The largest absolute Gasteiger partial charge is 0.457 e. The number of alkyl halides is 3. The lowest BCUT2D eigenvalue weighted by molar-refractivity contribution is -0.137. The fourth-order valence-electron chi connectivity index (χ4n) is 2.66. The van der Waals surface area contributed by atoms with Crippen LogP contribution in [0, 0.1) is 0 Å². The minimum absolute atomic E-state index is 0.109. The van der Waals surface area contributed by atoms with Gasteiger partial charge in [0.05, 0.1) is 5.56 Å². The van der Waals surface area contributed by atoms with Gasteiger partial charge in [0.1, 0.15) is 17.2 Å². The summed E-state index contributed by atoms with van der Waals surface area (Å²) in [6.07, 6.45) is -3.21. The third-order valence-corrected chi connectivity index (χ3v) is 4.26. The molecule has 0 atom stereocenters. The Bertz CT molecular complexity index is 1200. The van der Waals surface area contributed by atoms with Crippen molar-refractivity contribution in [3.05, 3.63) is 89.2 Å². The Kier molecular flexibility index (Phi) is 6.91. The van der Waals surface area contributed by atoms with E-state index in [-0.39, 0.29) is 22.6 Å². The van der Waals surface area contributed by atoms with Crippen LogP contribution in [0.4, 0.5) is 13.2 Å². The quantitative estimate of drug-likeness (QED) is 0.508. The van der Waals surface area contributed by atoms with Gasteiger partial charge in [0, 0.05) is 30.4 Å². The SMILES string of the molecule is CNC(=O)c1cc(Oc2cccc(C(=O)NNC(=O)c3cccc(C(F)(F)F)c3)c2)ccn1. The highest BCUT2D eigenvalue weighted by atomic mass is 19.4. The Morgan fingerprint density at radius 3 is 2.06 bits per heavy atom. The van der Waals surface area contributed by atoms with Crippen molar-refractivity contribution < 1.29 is 32.3 Å². The van der Waals surface area contributed by atoms with Crippen LogP contribution in [0.25, 0.3) is 0 Å². The third kappa shape index (κ3) is 6.06. The van der Waals surface area contributed by atoms with Crippen molar-refractivity contribution in [2.75, 3.05) is 7.05 Å². The molecule has 0 bridgehead atoms. The lowest BCUT2D eigenvalue weighted by atomic mass is 10.1. The number of benzene rings is 2. The Balaban J connectivity index is 1.65. The molecule has 0 saturated carbocycles. The van der Waals surface area contributed by atoms with Crippen molar-refractivity contribution in [1.82, 2.24) is 21.2 Å². The van der Waals surface area contributed by atoms with Crippen LogP contribution in [0.2, 0.25) is 0 Å². The maximum Gasteiger partial charge on any atom is 0.416 e. The summed E-state index contributed by atoms with van der Waals surface area (Å²) >= 11 is 0. The molecule has 0 saturated heterocycles. The van der Waals surface area contributed by atoms with Crippen molar-refractivity contribution in [2.24, 2.45) is 0 Å². The highest BCUT2D eigenvalue weighted by Crippen LogP contribution is 2.29. The van der Waals surface area contributed by atoms with E-state index in [1.54, 1.807) is 6.07 Å². The molecule has 0 radical (unpaired) electrons. The number of rotatable bonds is 5. The van der Waals surface area contributed by atoms with E-state index in [1.165, 1.54) is 49.6 Å². The van der Waals surface area contributed by atoms with Gasteiger partial charge < -0.3 is 10.1 Å². The first-order valence-corrected chi connectivity index (χ1v) is 9.41. The van der Waals surface area contributed by atoms with Gasteiger partial charge in [-0.3, -0.25) is 30.2 Å². The minimum atomic E-state index is -4.60. The number of carbonyl (C=O) groups is 3. The molecule has 0 aliphatic heterocycles. The first-order valence-electron chi connectivity index (χ1n) is 9.41. The predicted octanol–water partition coefficient (Wildman–Crippen LogP) is 3.33. The van der Waals surface area contributed by atoms with E-state index in [9.17, 15) is 27.6 Å². The van der Waals surface area contributed by atoms with Crippen molar-refractivity contribution in [1.29, 1.82) is 0 Å². The van der Waals surface area contributed by atoms with Crippen LogP contribution in [0.1, 0.15) is 36.8 Å². The molecule has 33 heavy (non-hydrogen) atoms. The second-order valence-corrected chi connectivity index (χ2v) is 6.57. The molecule has 8 nitrogen and oxygen atoms in total. The molecule has 0 unspecified atom stereocenters. The average Bonchev–Trinajstić information content (AvgIpc) is 2.81. The molecular weight excluding hydrogens is 441 g/mol. The Labute approximate surface area is 185 Å². The van der Waals surface area contributed by atoms with Gasteiger partial charge in [-0.05, 0) is 42.5 Å². The van der Waals surface area contributed by atoms with Crippen LogP contribution >= 0.6 is 0 Å². The lowest BCUT2D eigenvalue weighted by Gasteiger charge is -2.11. The van der Waals surface area contributed by atoms with Crippen LogP contribution < -0.4 is 20.9 Å². The molecule has 170 valence electrons. The number of nitrogens with zero attached hydrogens (tertiary/aromatic N) is 1. The molecule has 3 aromatic rings. The van der Waals surface area contributed by atoms with Crippen molar-refractivity contribution in [2.45, 2.75) is 6.18 Å². The van der Waals surface area contributed by atoms with E-state index in [2.05, 4.69) is 21.2 Å². The fourth-order valence-corrected chi connectivity index (χ4v) is 2.66. The summed E-state index contributed by atoms with van der Waals surface area (Å²) in [5, 5.41) is 2.44. The molecule has 2 aromatic carbocycles. The summed E-state index contributed by atoms with van der Waals surface area (Å²) in [7, 11) is 1.46. The molecule has 0 aliphatic carbocycles. The Morgan fingerprint density at radius 1 is 0.818 bits per heavy atom. The molecule has 0 spiro atoms. The van der Waals surface area contributed by atoms with E-state index in [1.807, 2.05) is 0 Å². The number of hydrazine groups is 1. The van der Waals surface area contributed by atoms with Crippen molar-refractivity contribution in [3.8, 4) is 11.5 Å². The zero-order valence-electron chi connectivity index (χ0n) is 17.1. The molecule has 0 fully saturated rings. The Morgan fingerprint density at radius 2 is 1.42 bits per heavy atom. The number of hydrogen-bond acceptors (Lipinski definition) is 5. The zero-order chi connectivity index (χ0) is 24.0. The van der Waals surface area contributed by atoms with Gasteiger partial charge in [-0.15, -0.1) is 0 Å². The van der Waals surface area contributed by atoms with E-state index < -0.39 is 29.5 Å². The number of ether oxygens (including phenoxy) is 1. The van der Waals surface area contributed by atoms with Gasteiger partial charge in [0.15, 0.2) is 0 Å². The second kappa shape index (κ2) is 9.81. The number of hydrogen-bond donors (Lipinski definition) is 3. The van der Waals surface area contributed by atoms with E-state index in [4.69, 9.17) is 4.74 Å². The number of amides is 3. The standard InChI is InChI=1S/C22H17F3N4O4/c1-26-21(32)18-12-17(8-9-27-18)33-16-7-3-5-14(11-16)20(31)29-28-19(30)13-4-2-6-15(10-13)22(23,24)25/h2-12H,1H3,(H,26,32)(H,28,30)(H,29,31). The van der Waals surface area contributed by atoms with Crippen molar-refractivity contribution >= 4 is 17.7 Å². The topological polar surface area (TPSA) is 109 Å². The summed E-state index contributed by atoms with van der Waals surface area (Å²) in [6, 6.07) is 12.7. The molecule has 3 amide bonds. The van der Waals surface area contributed by atoms with E-state index in [0.29, 0.717) is 11.8 Å². The lowest BCUT2D eigenvalue weighted by Crippen LogP contribution is -2.41. The number of pyridine rings is 1. The van der Waals surface area contributed by atoms with E-state index in [0.717, 1.165) is 12.1 Å². The summed E-state index contributed by atoms with van der Waals surface area (Å²) in [5.41, 5.74) is 3.21. The van der Waals surface area contributed by atoms with Gasteiger partial charge in [-0.2, -0.15) is 13.2 Å².